The number of methoxy groups -OCH3 is 2. The minimum atomic E-state index is -5.26. The van der Waals surface area contributed by atoms with Crippen LogP contribution < -0.4 is 59.2 Å². The van der Waals surface area contributed by atoms with E-state index in [9.17, 15) is 75.7 Å². The largest absolute Gasteiger partial charge is 0.504 e. The highest BCUT2D eigenvalue weighted by atomic mass is 32.2. The molecule has 14 rings (SSSR count). The zero-order valence-corrected chi connectivity index (χ0v) is 54.3. The Morgan fingerprint density at radius 2 is 1.01 bits per heavy atom. The van der Waals surface area contributed by atoms with Crippen molar-refractivity contribution in [1.29, 1.82) is 5.26 Å². The number of nitrogens with zero attached hydrogens (tertiary/aromatic N) is 3. The summed E-state index contributed by atoms with van der Waals surface area (Å²) < 4.78 is 137. The fourth-order valence-electron chi connectivity index (χ4n) is 15.6. The minimum absolute atomic E-state index is 0.106. The van der Waals surface area contributed by atoms with E-state index in [1.54, 1.807) is 43.2 Å². The summed E-state index contributed by atoms with van der Waals surface area (Å²) in [5, 5.41) is 54.8. The molecule has 10 aliphatic rings. The maximum absolute atomic E-state index is 13.3. The summed E-state index contributed by atoms with van der Waals surface area (Å²) in [4.78, 5) is 79.3. The minimum Gasteiger partial charge on any atom is -0.504 e. The van der Waals surface area contributed by atoms with E-state index < -0.39 is 156 Å². The van der Waals surface area contributed by atoms with Gasteiger partial charge in [-0.3, -0.25) is 29.0 Å². The Hall–Kier alpha value is -8.33. The average Bonchev–Trinajstić information content (AvgIpc) is 1.49. The summed E-state index contributed by atoms with van der Waals surface area (Å²) in [5.74, 6) is -7.14. The van der Waals surface area contributed by atoms with Gasteiger partial charge in [0.25, 0.3) is 0 Å². The number of amides is 2. The number of aryl methyl sites for hydroxylation is 2. The summed E-state index contributed by atoms with van der Waals surface area (Å²) in [6.07, 6.45) is -11.0. The molecule has 0 spiro atoms. The number of benzene rings is 4. The van der Waals surface area contributed by atoms with Gasteiger partial charge in [-0.1, -0.05) is 12.1 Å². The molecule has 10 heterocycles. The third-order valence-corrected chi connectivity index (χ3v) is 22.1. The molecule has 4 fully saturated rings. The molecule has 518 valence electrons. The van der Waals surface area contributed by atoms with Gasteiger partial charge >= 0.3 is 48.0 Å². The van der Waals surface area contributed by atoms with Crippen LogP contribution in [0.15, 0.2) is 12.1 Å². The Balaban J connectivity index is 0.000000175. The zero-order chi connectivity index (χ0) is 69.5. The molecule has 97 heavy (non-hydrogen) atoms. The number of alkyl halides is 6. The number of carbonyl (C=O) groups excluding carboxylic acids is 6. The molecule has 4 saturated heterocycles. The standard InChI is InChI=1S/C32H31F3N4O9S.C31H32F3N3O10S/c1-11-5-14-6-15-17(7-36)39-18-8-45-30(42)16(38-31(43)32(33,34)35)9-49-29(23(39)22(37-15)19(14)24(41)25(11)44-4)21-20(18)28-27(46-10-47-28)12(2)26(21)48-13(3)40;1-10-5-13-6-14-28(40)37-16-7-44-29(41)15(36-30(42)31(32,33)34)8-48-27(21(37)20(35-14)17(13)22(39)23(10)43-4)19-18(16)26-25(45-9-46-26)11(2)24(19)47-12(3)38/h5,15-18,22-23,29,37,41H,6,8-10H2,1-4H3,(H,38,43);5,14-16,20-21,27-28,35,39-40H,6-9H2,1-4H3,(H,36,42)/t15-,16?,17-,18-,22+,23?,29+;14-,15?,16-,20+,21?,27+,28-/m00/s1. The number of carbonyl (C=O) groups is 6. The summed E-state index contributed by atoms with van der Waals surface area (Å²) >= 11 is 2.03. The van der Waals surface area contributed by atoms with E-state index in [4.69, 9.17) is 47.4 Å². The van der Waals surface area contributed by atoms with E-state index >= 15 is 0 Å². The molecule has 8 bridgehead atoms. The molecule has 0 aliphatic carbocycles. The molecule has 34 heteroatoms. The molecule has 4 aromatic rings. The SMILES string of the molecule is COc1c(C)cc2c(c1O)[C@H]1N[C@@H](C2)[C@H](C#N)N2C1[C@@H]1SCC(NC(=O)C(F)(F)F)C(=O)OC[C@H]2c2c3c(c(C)c(OC(C)=O)c21)OCO3.COc1c(C)cc2c(c1O)[C@H]1N[C@@H](C2)[C@H](O)N2C1[C@@H]1SCC(NC(=O)C(F)(F)F)C(=O)OC[C@H]2c2c3c(c(C)c(OC(C)=O)c21)OCO3. The van der Waals surface area contributed by atoms with Crippen LogP contribution in [0.4, 0.5) is 26.3 Å². The van der Waals surface area contributed by atoms with Crippen LogP contribution in [0.25, 0.3) is 0 Å². The number of aliphatic hydroxyl groups excluding tert-OH is 1. The molecule has 0 aromatic heterocycles. The lowest BCUT2D eigenvalue weighted by molar-refractivity contribution is -0.176. The summed E-state index contributed by atoms with van der Waals surface area (Å²) in [6.45, 7) is 8.10. The molecule has 0 saturated carbocycles. The monoisotopic (exact) mass is 1400 g/mol. The lowest BCUT2D eigenvalue weighted by Gasteiger charge is -2.59. The van der Waals surface area contributed by atoms with Crippen molar-refractivity contribution < 1.29 is 118 Å². The number of hydrogen-bond donors (Lipinski definition) is 7. The average molecular weight is 1400 g/mol. The van der Waals surface area contributed by atoms with Gasteiger partial charge in [0, 0.05) is 88.0 Å². The zero-order valence-electron chi connectivity index (χ0n) is 52.7. The predicted molar refractivity (Wildman–Crippen MR) is 323 cm³/mol. The van der Waals surface area contributed by atoms with E-state index in [0.717, 1.165) is 34.7 Å². The number of ether oxygens (including phenoxy) is 10. The van der Waals surface area contributed by atoms with Crippen LogP contribution >= 0.6 is 23.5 Å². The van der Waals surface area contributed by atoms with Crippen molar-refractivity contribution in [2.45, 2.75) is 150 Å². The molecule has 4 unspecified atom stereocenters. The van der Waals surface area contributed by atoms with Crippen molar-refractivity contribution in [3.05, 3.63) is 78.9 Å². The van der Waals surface area contributed by atoms with Gasteiger partial charge in [-0.15, -0.1) is 23.5 Å². The Kier molecular flexibility index (Phi) is 17.3. The number of hydrogen-bond acceptors (Lipinski definition) is 26. The third kappa shape index (κ3) is 11.0. The van der Waals surface area contributed by atoms with Crippen LogP contribution in [0.5, 0.6) is 57.5 Å². The number of thioether (sulfide) groups is 2. The number of fused-ring (bicyclic) bond motifs is 18. The molecule has 4 aromatic carbocycles. The van der Waals surface area contributed by atoms with Crippen LogP contribution in [-0.2, 0) is 51.1 Å². The van der Waals surface area contributed by atoms with Crippen molar-refractivity contribution in [2.24, 2.45) is 0 Å². The Morgan fingerprint density at radius 1 is 0.608 bits per heavy atom. The smallest absolute Gasteiger partial charge is 0.471 e. The summed E-state index contributed by atoms with van der Waals surface area (Å²) in [7, 11) is 2.87. The van der Waals surface area contributed by atoms with Crippen molar-refractivity contribution in [2.75, 3.05) is 52.5 Å². The molecule has 26 nitrogen and oxygen atoms in total. The van der Waals surface area contributed by atoms with E-state index in [-0.39, 0.29) is 48.1 Å². The van der Waals surface area contributed by atoms with Crippen LogP contribution in [0.1, 0.15) is 115 Å². The number of esters is 4. The Bertz CT molecular complexity index is 4080. The first-order valence-corrected chi connectivity index (χ1v) is 32.6. The number of phenolic OH excluding ortho intramolecular Hbond substituents is 2. The fourth-order valence-corrected chi connectivity index (χ4v) is 18.7. The molecule has 14 atom stereocenters. The maximum atomic E-state index is 13.3. The van der Waals surface area contributed by atoms with Crippen molar-refractivity contribution >= 4 is 59.2 Å². The molecular formula is C63H63F6N7O19S2. The molecule has 10 aliphatic heterocycles. The van der Waals surface area contributed by atoms with Crippen LogP contribution in [0.3, 0.4) is 0 Å². The third-order valence-electron chi connectivity index (χ3n) is 19.3. The number of halogens is 6. The highest BCUT2D eigenvalue weighted by Crippen LogP contribution is 2.65. The number of cyclic esters (lactones) is 2. The van der Waals surface area contributed by atoms with Gasteiger partial charge in [-0.2, -0.15) is 31.6 Å². The second kappa shape index (κ2) is 24.9. The predicted octanol–water partition coefficient (Wildman–Crippen LogP) is 5.30. The normalized spacial score (nSPS) is 28.6. The molecule has 2 amide bonds. The van der Waals surface area contributed by atoms with Crippen LogP contribution in [-0.4, -0.2) is 174 Å². The van der Waals surface area contributed by atoms with Crippen molar-refractivity contribution in [3.63, 3.8) is 0 Å². The second-order valence-corrected chi connectivity index (χ2v) is 27.1. The van der Waals surface area contributed by atoms with Gasteiger partial charge in [0.1, 0.15) is 49.1 Å². The van der Waals surface area contributed by atoms with Gasteiger partial charge in [0.2, 0.25) is 13.6 Å². The summed E-state index contributed by atoms with van der Waals surface area (Å²) in [6, 6.07) is -3.96. The van der Waals surface area contributed by atoms with Gasteiger partial charge in [-0.25, -0.2) is 9.59 Å². The number of rotatable bonds is 6. The highest BCUT2D eigenvalue weighted by molar-refractivity contribution is 7.99. The number of phenols is 2. The molecule has 7 N–H and O–H groups in total. The molecular weight excluding hydrogens is 1340 g/mol. The fraction of sp³-hybridized carbons (Fsp3) is 0.508. The maximum Gasteiger partial charge on any atom is 0.471 e. The van der Waals surface area contributed by atoms with Crippen molar-refractivity contribution in [1.82, 2.24) is 31.1 Å². The Labute approximate surface area is 556 Å². The number of aromatic hydroxyl groups is 2. The van der Waals surface area contributed by atoms with E-state index in [2.05, 4.69) is 16.7 Å². The number of piperazine rings is 2. The Morgan fingerprint density at radius 3 is 1.42 bits per heavy atom. The summed E-state index contributed by atoms with van der Waals surface area (Å²) in [5.41, 5.74) is 6.53. The lowest BCUT2D eigenvalue weighted by atomic mass is 9.72. The van der Waals surface area contributed by atoms with Crippen molar-refractivity contribution in [3.8, 4) is 63.6 Å². The lowest BCUT2D eigenvalue weighted by Crippen LogP contribution is -2.69. The number of aliphatic hydroxyl groups is 1. The van der Waals surface area contributed by atoms with E-state index in [1.165, 1.54) is 28.1 Å². The van der Waals surface area contributed by atoms with E-state index in [0.29, 0.717) is 91.5 Å². The number of nitriles is 1. The molecule has 0 radical (unpaired) electrons. The van der Waals surface area contributed by atoms with Gasteiger partial charge in [-0.05, 0) is 62.8 Å². The quantitative estimate of drug-likeness (QED) is 0.0731. The van der Waals surface area contributed by atoms with Gasteiger partial charge < -0.3 is 84.0 Å². The number of nitrogens with one attached hydrogen (secondary N) is 4. The van der Waals surface area contributed by atoms with Crippen LogP contribution in [0.2, 0.25) is 0 Å². The van der Waals surface area contributed by atoms with Gasteiger partial charge in [0.05, 0.1) is 61.0 Å². The second-order valence-electron chi connectivity index (χ2n) is 24.8. The first-order chi connectivity index (χ1) is 46.0. The highest BCUT2D eigenvalue weighted by Gasteiger charge is 2.62. The van der Waals surface area contributed by atoms with E-state index in [1.807, 2.05) is 17.0 Å². The van der Waals surface area contributed by atoms with Crippen LogP contribution in [0, 0.1) is 39.0 Å². The van der Waals surface area contributed by atoms with Gasteiger partial charge in [0.15, 0.2) is 46.0 Å². The topological polar surface area (TPSA) is 334 Å². The first-order valence-electron chi connectivity index (χ1n) is 30.5. The first kappa shape index (κ1) is 67.2.